The van der Waals surface area contributed by atoms with E-state index >= 15 is 0 Å². The molecule has 4 aliphatic carbocycles. The van der Waals surface area contributed by atoms with Gasteiger partial charge in [-0.05, 0) is 97.0 Å². The molecule has 0 saturated heterocycles. The van der Waals surface area contributed by atoms with E-state index in [9.17, 15) is 5.11 Å². The van der Waals surface area contributed by atoms with Crippen molar-refractivity contribution in [3.8, 4) is 0 Å². The molecule has 0 heterocycles. The number of aliphatic hydroxyl groups is 1. The Morgan fingerprint density at radius 2 is 1.76 bits per heavy atom. The largest absolute Gasteiger partial charge is 0.393 e. The van der Waals surface area contributed by atoms with Crippen molar-refractivity contribution >= 4 is 0 Å². The van der Waals surface area contributed by atoms with E-state index in [0.717, 1.165) is 18.3 Å². The maximum absolute atomic E-state index is 10.3. The first kappa shape index (κ1) is 17.8. The molecule has 0 bridgehead atoms. The Balaban J connectivity index is 1.76. The van der Waals surface area contributed by atoms with Crippen LogP contribution in [-0.2, 0) is 0 Å². The van der Waals surface area contributed by atoms with Gasteiger partial charge in [-0.1, -0.05) is 46.3 Å². The Morgan fingerprint density at radius 1 is 1.04 bits per heavy atom. The average molecular weight is 343 g/mol. The van der Waals surface area contributed by atoms with Gasteiger partial charge in [-0.2, -0.15) is 0 Å². The van der Waals surface area contributed by atoms with Gasteiger partial charge in [-0.3, -0.25) is 0 Å². The van der Waals surface area contributed by atoms with Gasteiger partial charge in [-0.15, -0.1) is 0 Å². The van der Waals surface area contributed by atoms with Crippen LogP contribution in [0.25, 0.3) is 0 Å². The van der Waals surface area contributed by atoms with E-state index in [4.69, 9.17) is 0 Å². The summed E-state index contributed by atoms with van der Waals surface area (Å²) in [7, 11) is 0. The molecule has 1 nitrogen and oxygen atoms in total. The van der Waals surface area contributed by atoms with Crippen molar-refractivity contribution in [1.29, 1.82) is 0 Å². The first-order valence-electron chi connectivity index (χ1n) is 10.7. The van der Waals surface area contributed by atoms with Gasteiger partial charge in [0.2, 0.25) is 0 Å². The van der Waals surface area contributed by atoms with E-state index in [1.165, 1.54) is 38.5 Å². The lowest BCUT2D eigenvalue weighted by molar-refractivity contribution is -0.0346. The summed E-state index contributed by atoms with van der Waals surface area (Å²) >= 11 is 0. The van der Waals surface area contributed by atoms with Gasteiger partial charge in [-0.25, -0.2) is 0 Å². The Hall–Kier alpha value is -0.560. The molecule has 0 amide bonds. The SMILES string of the molecule is CC1CCC2(C)C3=C(CCC2C1(C)C)C1=CCC([C@@H](C)O)C1(C)CC3. The van der Waals surface area contributed by atoms with Gasteiger partial charge in [0.25, 0.3) is 0 Å². The Labute approximate surface area is 155 Å². The molecule has 4 rings (SSSR count). The average Bonchev–Trinajstić information content (AvgIpc) is 2.89. The number of rotatable bonds is 1. The van der Waals surface area contributed by atoms with Crippen LogP contribution in [-0.4, -0.2) is 11.2 Å². The van der Waals surface area contributed by atoms with Gasteiger partial charge in [0.15, 0.2) is 0 Å². The first-order chi connectivity index (χ1) is 11.6. The van der Waals surface area contributed by atoms with Crippen LogP contribution in [0.5, 0.6) is 0 Å². The molecule has 1 fully saturated rings. The zero-order valence-electron chi connectivity index (χ0n) is 17.3. The third-order valence-electron chi connectivity index (χ3n) is 9.58. The minimum absolute atomic E-state index is 0.192. The van der Waals surface area contributed by atoms with Gasteiger partial charge in [0, 0.05) is 0 Å². The number of hydrogen-bond donors (Lipinski definition) is 1. The third-order valence-corrected chi connectivity index (χ3v) is 9.58. The summed E-state index contributed by atoms with van der Waals surface area (Å²) in [5.74, 6) is 2.10. The third kappa shape index (κ3) is 2.23. The topological polar surface area (TPSA) is 20.2 Å². The van der Waals surface area contributed by atoms with Crippen molar-refractivity contribution in [1.82, 2.24) is 0 Å². The second-order valence-corrected chi connectivity index (χ2v) is 10.8. The number of hydrogen-bond acceptors (Lipinski definition) is 1. The van der Waals surface area contributed by atoms with Crippen LogP contribution in [0.1, 0.15) is 86.5 Å². The first-order valence-corrected chi connectivity index (χ1v) is 10.7. The van der Waals surface area contributed by atoms with Crippen LogP contribution in [0.15, 0.2) is 22.8 Å². The predicted molar refractivity (Wildman–Crippen MR) is 105 cm³/mol. The Kier molecular flexibility index (Phi) is 3.90. The molecule has 0 aromatic heterocycles. The highest BCUT2D eigenvalue weighted by atomic mass is 16.3. The molecular weight excluding hydrogens is 304 g/mol. The molecule has 0 aromatic rings. The standard InChI is InChI=1S/C24H38O/c1-15-11-13-24(6)20-12-14-23(5)18(16(2)25)8-9-19(23)17(20)7-10-21(24)22(15,3)4/h9,15-16,18,21,25H,7-8,10-14H2,1-6H3/t15?,16-,18?,21?,23?,24?/m1/s1. The van der Waals surface area contributed by atoms with Crippen molar-refractivity contribution in [2.45, 2.75) is 92.6 Å². The molecule has 4 aliphatic rings. The summed E-state index contributed by atoms with van der Waals surface area (Å²) in [5.41, 5.74) is 6.26. The van der Waals surface area contributed by atoms with E-state index < -0.39 is 0 Å². The minimum Gasteiger partial charge on any atom is -0.393 e. The molecule has 1 heteroatoms. The Bertz CT molecular complexity index is 636. The molecule has 5 unspecified atom stereocenters. The van der Waals surface area contributed by atoms with E-state index in [-0.39, 0.29) is 11.5 Å². The maximum Gasteiger partial charge on any atom is 0.0551 e. The van der Waals surface area contributed by atoms with Gasteiger partial charge < -0.3 is 5.11 Å². The van der Waals surface area contributed by atoms with E-state index in [2.05, 4.69) is 40.7 Å². The lowest BCUT2D eigenvalue weighted by Crippen LogP contribution is -2.50. The van der Waals surface area contributed by atoms with E-state index in [1.54, 1.807) is 11.1 Å². The lowest BCUT2D eigenvalue weighted by Gasteiger charge is -2.59. The van der Waals surface area contributed by atoms with Crippen LogP contribution in [0.4, 0.5) is 0 Å². The van der Waals surface area contributed by atoms with Crippen LogP contribution in [0.2, 0.25) is 0 Å². The highest BCUT2D eigenvalue weighted by molar-refractivity contribution is 5.49. The minimum atomic E-state index is -0.192. The normalized spacial score (nSPS) is 46.8. The molecule has 6 atom stereocenters. The van der Waals surface area contributed by atoms with Crippen molar-refractivity contribution in [3.05, 3.63) is 22.8 Å². The van der Waals surface area contributed by atoms with Crippen LogP contribution in [0, 0.1) is 34.0 Å². The van der Waals surface area contributed by atoms with Crippen LogP contribution in [0.3, 0.4) is 0 Å². The maximum atomic E-state index is 10.3. The zero-order chi connectivity index (χ0) is 18.2. The van der Waals surface area contributed by atoms with Crippen molar-refractivity contribution in [2.75, 3.05) is 0 Å². The van der Waals surface area contributed by atoms with Crippen molar-refractivity contribution in [3.63, 3.8) is 0 Å². The molecular formula is C24H38O. The monoisotopic (exact) mass is 342 g/mol. The smallest absolute Gasteiger partial charge is 0.0551 e. The number of aliphatic hydroxyl groups excluding tert-OH is 1. The number of allylic oxidation sites excluding steroid dienone is 4. The van der Waals surface area contributed by atoms with E-state index in [1.807, 2.05) is 12.5 Å². The van der Waals surface area contributed by atoms with Crippen LogP contribution < -0.4 is 0 Å². The van der Waals surface area contributed by atoms with Gasteiger partial charge >= 0.3 is 0 Å². The zero-order valence-corrected chi connectivity index (χ0v) is 17.3. The molecule has 140 valence electrons. The fourth-order valence-corrected chi connectivity index (χ4v) is 7.64. The lowest BCUT2D eigenvalue weighted by atomic mass is 9.45. The fraction of sp³-hybridized carbons (Fsp3) is 0.833. The summed E-state index contributed by atoms with van der Waals surface area (Å²) in [5, 5.41) is 10.3. The molecule has 0 aromatic carbocycles. The highest BCUT2D eigenvalue weighted by Gasteiger charge is 2.56. The summed E-state index contributed by atoms with van der Waals surface area (Å²) < 4.78 is 0. The second-order valence-electron chi connectivity index (χ2n) is 10.8. The van der Waals surface area contributed by atoms with E-state index in [0.29, 0.717) is 16.7 Å². The summed E-state index contributed by atoms with van der Waals surface area (Å²) in [6.07, 6.45) is 11.3. The van der Waals surface area contributed by atoms with Gasteiger partial charge in [0.05, 0.1) is 6.10 Å². The summed E-state index contributed by atoms with van der Waals surface area (Å²) in [6.45, 7) is 14.6. The van der Waals surface area contributed by atoms with Crippen molar-refractivity contribution < 1.29 is 5.11 Å². The molecule has 0 spiro atoms. The summed E-state index contributed by atoms with van der Waals surface area (Å²) in [4.78, 5) is 0. The van der Waals surface area contributed by atoms with Crippen molar-refractivity contribution in [2.24, 2.45) is 34.0 Å². The Morgan fingerprint density at radius 3 is 2.44 bits per heavy atom. The quantitative estimate of drug-likeness (QED) is 0.594. The fourth-order valence-electron chi connectivity index (χ4n) is 7.64. The molecule has 25 heavy (non-hydrogen) atoms. The molecule has 0 radical (unpaired) electrons. The number of fused-ring (bicyclic) bond motifs is 4. The second kappa shape index (κ2) is 5.47. The molecule has 1 N–H and O–H groups in total. The van der Waals surface area contributed by atoms with Crippen LogP contribution >= 0.6 is 0 Å². The summed E-state index contributed by atoms with van der Waals surface area (Å²) in [6, 6.07) is 0. The highest BCUT2D eigenvalue weighted by Crippen LogP contribution is 2.67. The molecule has 0 aliphatic heterocycles. The molecule has 1 saturated carbocycles. The predicted octanol–water partition coefficient (Wildman–Crippen LogP) is 6.28. The van der Waals surface area contributed by atoms with Gasteiger partial charge in [0.1, 0.15) is 0 Å².